The van der Waals surface area contributed by atoms with Crippen molar-refractivity contribution in [3.63, 3.8) is 0 Å². The zero-order valence-corrected chi connectivity index (χ0v) is 12.5. The van der Waals surface area contributed by atoms with Crippen molar-refractivity contribution in [1.82, 2.24) is 15.2 Å². The van der Waals surface area contributed by atoms with Gasteiger partial charge in [0.25, 0.3) is 5.91 Å². The minimum atomic E-state index is -0.181. The first-order valence-corrected chi connectivity index (χ1v) is 7.10. The van der Waals surface area contributed by atoms with Crippen LogP contribution in [0.2, 0.25) is 0 Å². The standard InChI is InChI=1S/C12H22N4O2S/c1-9(13)12-15-10(8-19-12)11(17)14-4-6-18-7-5-16(2)3/h8-9H,4-7,13H2,1-3H3,(H,14,17). The average molecular weight is 286 g/mol. The fourth-order valence-corrected chi connectivity index (χ4v) is 2.04. The molecule has 1 rings (SSSR count). The molecule has 1 aromatic rings. The number of aromatic nitrogens is 1. The molecule has 0 aliphatic heterocycles. The van der Waals surface area contributed by atoms with E-state index in [0.29, 0.717) is 25.5 Å². The first-order valence-electron chi connectivity index (χ1n) is 6.22. The predicted octanol–water partition coefficient (Wildman–Crippen LogP) is 0.471. The number of nitrogens with one attached hydrogen (secondary N) is 1. The zero-order chi connectivity index (χ0) is 14.3. The highest BCUT2D eigenvalue weighted by Crippen LogP contribution is 2.15. The Hall–Kier alpha value is -1.02. The highest BCUT2D eigenvalue weighted by Gasteiger charge is 2.11. The van der Waals surface area contributed by atoms with Crippen LogP contribution in [-0.2, 0) is 4.74 Å². The number of hydrogen-bond acceptors (Lipinski definition) is 6. The molecule has 0 aromatic carbocycles. The first-order chi connectivity index (χ1) is 9.00. The largest absolute Gasteiger partial charge is 0.378 e. The molecular weight excluding hydrogens is 264 g/mol. The summed E-state index contributed by atoms with van der Waals surface area (Å²) in [5.41, 5.74) is 6.12. The van der Waals surface area contributed by atoms with Crippen molar-refractivity contribution < 1.29 is 9.53 Å². The number of thiazole rings is 1. The molecule has 0 radical (unpaired) electrons. The summed E-state index contributed by atoms with van der Waals surface area (Å²) < 4.78 is 5.38. The summed E-state index contributed by atoms with van der Waals surface area (Å²) in [6.07, 6.45) is 0. The van der Waals surface area contributed by atoms with Gasteiger partial charge in [0.1, 0.15) is 10.7 Å². The van der Waals surface area contributed by atoms with E-state index in [-0.39, 0.29) is 11.9 Å². The molecule has 0 aliphatic carbocycles. The number of nitrogens with two attached hydrogens (primary N) is 1. The molecule has 1 aromatic heterocycles. The number of likely N-dealkylation sites (N-methyl/N-ethyl adjacent to an activating group) is 1. The van der Waals surface area contributed by atoms with Crippen molar-refractivity contribution in [1.29, 1.82) is 0 Å². The minimum Gasteiger partial charge on any atom is -0.378 e. The number of rotatable bonds is 8. The second kappa shape index (κ2) is 8.21. The van der Waals surface area contributed by atoms with E-state index in [9.17, 15) is 4.79 Å². The summed E-state index contributed by atoms with van der Waals surface area (Å²) in [5.74, 6) is -0.181. The Balaban J connectivity index is 2.20. The van der Waals surface area contributed by atoms with Crippen molar-refractivity contribution in [2.75, 3.05) is 40.4 Å². The Morgan fingerprint density at radius 2 is 2.32 bits per heavy atom. The minimum absolute atomic E-state index is 0.138. The Labute approximate surface area is 118 Å². The maximum Gasteiger partial charge on any atom is 0.270 e. The van der Waals surface area contributed by atoms with Crippen molar-refractivity contribution in [3.05, 3.63) is 16.1 Å². The molecule has 1 heterocycles. The van der Waals surface area contributed by atoms with Crippen LogP contribution in [0.15, 0.2) is 5.38 Å². The molecule has 1 atom stereocenters. The second-order valence-electron chi connectivity index (χ2n) is 4.53. The molecule has 1 amide bonds. The molecule has 1 unspecified atom stereocenters. The molecular formula is C12H22N4O2S. The maximum absolute atomic E-state index is 11.7. The molecule has 0 bridgehead atoms. The van der Waals surface area contributed by atoms with Gasteiger partial charge < -0.3 is 20.7 Å². The van der Waals surface area contributed by atoms with Gasteiger partial charge in [-0.2, -0.15) is 0 Å². The lowest BCUT2D eigenvalue weighted by Gasteiger charge is -2.09. The number of amides is 1. The van der Waals surface area contributed by atoms with Crippen LogP contribution >= 0.6 is 11.3 Å². The molecule has 7 heteroatoms. The number of carbonyl (C=O) groups is 1. The van der Waals surface area contributed by atoms with Gasteiger partial charge in [-0.1, -0.05) is 0 Å². The summed E-state index contributed by atoms with van der Waals surface area (Å²) in [6.45, 7) is 4.37. The van der Waals surface area contributed by atoms with Crippen LogP contribution in [0.1, 0.15) is 28.5 Å². The predicted molar refractivity (Wildman–Crippen MR) is 76.4 cm³/mol. The second-order valence-corrected chi connectivity index (χ2v) is 5.42. The topological polar surface area (TPSA) is 80.5 Å². The van der Waals surface area contributed by atoms with Gasteiger partial charge in [0, 0.05) is 18.5 Å². The molecule has 6 nitrogen and oxygen atoms in total. The Kier molecular flexibility index (Phi) is 6.93. The quantitative estimate of drug-likeness (QED) is 0.679. The molecule has 3 N–H and O–H groups in total. The highest BCUT2D eigenvalue weighted by molar-refractivity contribution is 7.09. The smallest absolute Gasteiger partial charge is 0.270 e. The third kappa shape index (κ3) is 6.11. The lowest BCUT2D eigenvalue weighted by Crippen LogP contribution is -2.28. The monoisotopic (exact) mass is 286 g/mol. The summed E-state index contributed by atoms with van der Waals surface area (Å²) in [5, 5.41) is 5.26. The third-order valence-corrected chi connectivity index (χ3v) is 3.40. The highest BCUT2D eigenvalue weighted by atomic mass is 32.1. The van der Waals surface area contributed by atoms with Crippen LogP contribution in [0.5, 0.6) is 0 Å². The number of hydrogen-bond donors (Lipinski definition) is 2. The van der Waals surface area contributed by atoms with E-state index in [1.807, 2.05) is 25.9 Å². The van der Waals surface area contributed by atoms with Crippen LogP contribution in [0.25, 0.3) is 0 Å². The van der Waals surface area contributed by atoms with Crippen molar-refractivity contribution in [3.8, 4) is 0 Å². The van der Waals surface area contributed by atoms with E-state index >= 15 is 0 Å². The molecule has 19 heavy (non-hydrogen) atoms. The van der Waals surface area contributed by atoms with Gasteiger partial charge in [-0.3, -0.25) is 4.79 Å². The first kappa shape index (κ1) is 16.0. The van der Waals surface area contributed by atoms with Crippen molar-refractivity contribution in [2.45, 2.75) is 13.0 Å². The van der Waals surface area contributed by atoms with Crippen molar-refractivity contribution in [2.24, 2.45) is 5.73 Å². The number of carbonyl (C=O) groups excluding carboxylic acids is 1. The Morgan fingerprint density at radius 1 is 1.58 bits per heavy atom. The summed E-state index contributed by atoms with van der Waals surface area (Å²) in [7, 11) is 3.98. The summed E-state index contributed by atoms with van der Waals surface area (Å²) in [6, 6.07) is -0.138. The van der Waals surface area contributed by atoms with Crippen molar-refractivity contribution >= 4 is 17.2 Å². The molecule has 108 valence electrons. The Bertz CT molecular complexity index is 393. The fraction of sp³-hybridized carbons (Fsp3) is 0.667. The molecule has 0 spiro atoms. The molecule has 0 saturated carbocycles. The lowest BCUT2D eigenvalue weighted by atomic mass is 10.4. The number of ether oxygens (including phenoxy) is 1. The zero-order valence-electron chi connectivity index (χ0n) is 11.7. The van der Waals surface area contributed by atoms with E-state index in [0.717, 1.165) is 11.6 Å². The van der Waals surface area contributed by atoms with Crippen LogP contribution < -0.4 is 11.1 Å². The Morgan fingerprint density at radius 3 is 2.89 bits per heavy atom. The van der Waals surface area contributed by atoms with Crippen LogP contribution in [-0.4, -0.2) is 56.2 Å². The average Bonchev–Trinajstić information content (AvgIpc) is 2.82. The fourth-order valence-electron chi connectivity index (χ4n) is 1.28. The number of nitrogens with zero attached hydrogens (tertiary/aromatic N) is 2. The molecule has 0 aliphatic rings. The van der Waals surface area contributed by atoms with Gasteiger partial charge in [0.15, 0.2) is 0 Å². The van der Waals surface area contributed by atoms with Gasteiger partial charge >= 0.3 is 0 Å². The van der Waals surface area contributed by atoms with E-state index in [4.69, 9.17) is 10.5 Å². The molecule has 0 fully saturated rings. The van der Waals surface area contributed by atoms with Crippen LogP contribution in [0, 0.1) is 0 Å². The lowest BCUT2D eigenvalue weighted by molar-refractivity contribution is 0.0896. The van der Waals surface area contributed by atoms with Gasteiger partial charge in [0.05, 0.1) is 19.3 Å². The third-order valence-electron chi connectivity index (χ3n) is 2.36. The van der Waals surface area contributed by atoms with Gasteiger partial charge in [-0.05, 0) is 21.0 Å². The van der Waals surface area contributed by atoms with E-state index in [2.05, 4.69) is 10.3 Å². The summed E-state index contributed by atoms with van der Waals surface area (Å²) in [4.78, 5) is 18.0. The SMILES string of the molecule is CC(N)c1nc(C(=O)NCCOCCN(C)C)cs1. The van der Waals surface area contributed by atoms with E-state index < -0.39 is 0 Å². The van der Waals surface area contributed by atoms with Crippen LogP contribution in [0.4, 0.5) is 0 Å². The summed E-state index contributed by atoms with van der Waals surface area (Å²) >= 11 is 1.40. The molecule has 0 saturated heterocycles. The van der Waals surface area contributed by atoms with E-state index in [1.54, 1.807) is 5.38 Å². The maximum atomic E-state index is 11.7. The van der Waals surface area contributed by atoms with Gasteiger partial charge in [-0.25, -0.2) is 4.98 Å². The van der Waals surface area contributed by atoms with Gasteiger partial charge in [-0.15, -0.1) is 11.3 Å². The van der Waals surface area contributed by atoms with E-state index in [1.165, 1.54) is 11.3 Å². The normalized spacial score (nSPS) is 12.7. The van der Waals surface area contributed by atoms with Crippen LogP contribution in [0.3, 0.4) is 0 Å². The van der Waals surface area contributed by atoms with Gasteiger partial charge in [0.2, 0.25) is 0 Å².